The van der Waals surface area contributed by atoms with Crippen molar-refractivity contribution in [2.45, 2.75) is 26.8 Å². The molecular weight excluding hydrogens is 214 g/mol. The van der Waals surface area contributed by atoms with E-state index in [0.717, 1.165) is 24.3 Å². The topological polar surface area (TPSA) is 41.5 Å². The Kier molecular flexibility index (Phi) is 5.45. The summed E-state index contributed by atoms with van der Waals surface area (Å²) in [6.07, 6.45) is 0. The normalized spacial score (nSPS) is 14.6. The molecule has 1 aromatic rings. The second kappa shape index (κ2) is 6.62. The Morgan fingerprint density at radius 2 is 2.06 bits per heavy atom. The van der Waals surface area contributed by atoms with Crippen molar-refractivity contribution in [2.24, 2.45) is 5.92 Å². The Labute approximate surface area is 104 Å². The molecule has 2 unspecified atom stereocenters. The van der Waals surface area contributed by atoms with Crippen LogP contribution in [-0.4, -0.2) is 25.4 Å². The zero-order valence-electron chi connectivity index (χ0n) is 11.2. The highest BCUT2D eigenvalue weighted by Gasteiger charge is 2.11. The van der Waals surface area contributed by atoms with E-state index in [-0.39, 0.29) is 6.04 Å². The minimum atomic E-state index is 0.148. The first-order valence-electron chi connectivity index (χ1n) is 6.06. The second-order valence-corrected chi connectivity index (χ2v) is 4.75. The van der Waals surface area contributed by atoms with Gasteiger partial charge in [-0.15, -0.1) is 0 Å². The number of rotatable bonds is 6. The molecule has 0 aliphatic heterocycles. The van der Waals surface area contributed by atoms with Gasteiger partial charge in [-0.1, -0.05) is 19.1 Å². The lowest BCUT2D eigenvalue weighted by Gasteiger charge is -2.18. The van der Waals surface area contributed by atoms with Gasteiger partial charge in [-0.2, -0.15) is 0 Å². The van der Waals surface area contributed by atoms with Crippen molar-refractivity contribution in [2.75, 3.05) is 20.3 Å². The third-order valence-electron chi connectivity index (χ3n) is 2.88. The zero-order chi connectivity index (χ0) is 12.8. The predicted molar refractivity (Wildman–Crippen MR) is 70.3 cm³/mol. The van der Waals surface area contributed by atoms with E-state index in [1.807, 2.05) is 19.1 Å². The average molecular weight is 237 g/mol. The molecule has 1 rings (SSSR count). The molecule has 0 aromatic heterocycles. The van der Waals surface area contributed by atoms with Crippen LogP contribution in [0.2, 0.25) is 0 Å². The molecule has 3 nitrogen and oxygen atoms in total. The van der Waals surface area contributed by atoms with Gasteiger partial charge in [0.25, 0.3) is 0 Å². The van der Waals surface area contributed by atoms with Crippen molar-refractivity contribution < 1.29 is 9.84 Å². The summed E-state index contributed by atoms with van der Waals surface area (Å²) in [5.74, 6) is 0.833. The highest BCUT2D eigenvalue weighted by molar-refractivity contribution is 5.37. The molecule has 0 fully saturated rings. The maximum absolute atomic E-state index is 9.87. The van der Waals surface area contributed by atoms with E-state index >= 15 is 0 Å². The number of ether oxygens (including phenoxy) is 1. The fraction of sp³-hybridized carbons (Fsp3) is 0.571. The number of hydrogen-bond acceptors (Lipinski definition) is 3. The molecule has 0 heterocycles. The first-order valence-corrected chi connectivity index (χ1v) is 6.06. The van der Waals surface area contributed by atoms with Gasteiger partial charge in [-0.25, -0.2) is 0 Å². The van der Waals surface area contributed by atoms with Crippen molar-refractivity contribution in [3.05, 3.63) is 29.3 Å². The number of aromatic hydroxyl groups is 1. The lowest BCUT2D eigenvalue weighted by atomic mass is 10.0. The van der Waals surface area contributed by atoms with Crippen molar-refractivity contribution in [1.29, 1.82) is 0 Å². The highest BCUT2D eigenvalue weighted by atomic mass is 16.5. The van der Waals surface area contributed by atoms with Gasteiger partial charge in [0.1, 0.15) is 5.75 Å². The molecule has 17 heavy (non-hydrogen) atoms. The van der Waals surface area contributed by atoms with Crippen molar-refractivity contribution in [3.8, 4) is 5.75 Å². The lowest BCUT2D eigenvalue weighted by Crippen LogP contribution is -2.26. The number of benzene rings is 1. The van der Waals surface area contributed by atoms with E-state index in [4.69, 9.17) is 4.74 Å². The van der Waals surface area contributed by atoms with E-state index in [1.165, 1.54) is 0 Å². The number of hydrogen-bond donors (Lipinski definition) is 2. The minimum Gasteiger partial charge on any atom is -0.508 e. The molecule has 2 atom stereocenters. The molecular formula is C14H23NO2. The van der Waals surface area contributed by atoms with E-state index in [1.54, 1.807) is 13.2 Å². The summed E-state index contributed by atoms with van der Waals surface area (Å²) in [7, 11) is 1.71. The predicted octanol–water partition coefficient (Wildman–Crippen LogP) is 2.63. The Bertz CT molecular complexity index is 352. The molecule has 3 heteroatoms. The smallest absolute Gasteiger partial charge is 0.120 e. The summed E-state index contributed by atoms with van der Waals surface area (Å²) in [5.41, 5.74) is 2.02. The van der Waals surface area contributed by atoms with Crippen LogP contribution in [0.1, 0.15) is 31.0 Å². The number of methoxy groups -OCH3 is 1. The molecule has 0 radical (unpaired) electrons. The number of aryl methyl sites for hydroxylation is 1. The molecule has 0 saturated carbocycles. The third-order valence-corrected chi connectivity index (χ3v) is 2.88. The van der Waals surface area contributed by atoms with Crippen LogP contribution in [0.5, 0.6) is 5.75 Å². The molecule has 1 aromatic carbocycles. The lowest BCUT2D eigenvalue weighted by molar-refractivity contribution is 0.157. The van der Waals surface area contributed by atoms with Crippen LogP contribution in [0.15, 0.2) is 18.2 Å². The molecule has 0 spiro atoms. The SMILES string of the molecule is COCC(C)CNC(C)c1ccc(C)cc1O. The van der Waals surface area contributed by atoms with Gasteiger partial charge >= 0.3 is 0 Å². The molecule has 0 saturated heterocycles. The summed E-state index contributed by atoms with van der Waals surface area (Å²) in [6, 6.07) is 5.94. The molecule has 0 aliphatic rings. The summed E-state index contributed by atoms with van der Waals surface area (Å²) in [4.78, 5) is 0. The minimum absolute atomic E-state index is 0.148. The van der Waals surface area contributed by atoms with Gasteiger partial charge in [-0.3, -0.25) is 0 Å². The van der Waals surface area contributed by atoms with Crippen molar-refractivity contribution in [1.82, 2.24) is 5.32 Å². The Hall–Kier alpha value is -1.06. The highest BCUT2D eigenvalue weighted by Crippen LogP contribution is 2.24. The van der Waals surface area contributed by atoms with Gasteiger partial charge in [0.05, 0.1) is 0 Å². The molecule has 96 valence electrons. The van der Waals surface area contributed by atoms with Crippen LogP contribution in [0, 0.1) is 12.8 Å². The molecule has 2 N–H and O–H groups in total. The van der Waals surface area contributed by atoms with Gasteiger partial charge in [0.15, 0.2) is 0 Å². The van der Waals surface area contributed by atoms with Crippen molar-refractivity contribution in [3.63, 3.8) is 0 Å². The average Bonchev–Trinajstić information content (AvgIpc) is 2.26. The van der Waals surface area contributed by atoms with Crippen LogP contribution < -0.4 is 5.32 Å². The number of phenols is 1. The molecule has 0 amide bonds. The first-order chi connectivity index (χ1) is 8.04. The van der Waals surface area contributed by atoms with Crippen LogP contribution in [0.3, 0.4) is 0 Å². The van der Waals surface area contributed by atoms with Crippen molar-refractivity contribution >= 4 is 0 Å². The van der Waals surface area contributed by atoms with Crippen LogP contribution in [-0.2, 0) is 4.74 Å². The van der Waals surface area contributed by atoms with Gasteiger partial charge in [0.2, 0.25) is 0 Å². The number of nitrogens with one attached hydrogen (secondary N) is 1. The van der Waals surface area contributed by atoms with Gasteiger partial charge in [0, 0.05) is 31.9 Å². The van der Waals surface area contributed by atoms with E-state index in [2.05, 4.69) is 19.2 Å². The summed E-state index contributed by atoms with van der Waals surface area (Å²) < 4.78 is 5.09. The third kappa shape index (κ3) is 4.36. The van der Waals surface area contributed by atoms with Crippen LogP contribution >= 0.6 is 0 Å². The maximum atomic E-state index is 9.87. The van der Waals surface area contributed by atoms with E-state index in [9.17, 15) is 5.11 Å². The Morgan fingerprint density at radius 1 is 1.35 bits per heavy atom. The largest absolute Gasteiger partial charge is 0.508 e. The van der Waals surface area contributed by atoms with Crippen LogP contribution in [0.25, 0.3) is 0 Å². The Balaban J connectivity index is 2.54. The quantitative estimate of drug-likeness (QED) is 0.799. The number of phenolic OH excluding ortho intramolecular Hbond substituents is 1. The standard InChI is InChI=1S/C14H23NO2/c1-10-5-6-13(14(16)7-10)12(3)15-8-11(2)9-17-4/h5-7,11-12,15-16H,8-9H2,1-4H3. The van der Waals surface area contributed by atoms with Gasteiger partial charge < -0.3 is 15.2 Å². The van der Waals surface area contributed by atoms with E-state index in [0.29, 0.717) is 11.7 Å². The van der Waals surface area contributed by atoms with E-state index < -0.39 is 0 Å². The molecule has 0 aliphatic carbocycles. The molecule has 0 bridgehead atoms. The van der Waals surface area contributed by atoms with Gasteiger partial charge in [-0.05, 0) is 31.4 Å². The summed E-state index contributed by atoms with van der Waals surface area (Å²) in [5, 5.41) is 13.3. The first kappa shape index (κ1) is 14.0. The second-order valence-electron chi connectivity index (χ2n) is 4.75. The summed E-state index contributed by atoms with van der Waals surface area (Å²) >= 11 is 0. The summed E-state index contributed by atoms with van der Waals surface area (Å²) in [6.45, 7) is 7.80. The monoisotopic (exact) mass is 237 g/mol. The zero-order valence-corrected chi connectivity index (χ0v) is 11.2. The fourth-order valence-corrected chi connectivity index (χ4v) is 1.85. The fourth-order valence-electron chi connectivity index (χ4n) is 1.85. The maximum Gasteiger partial charge on any atom is 0.120 e. The van der Waals surface area contributed by atoms with Crippen LogP contribution in [0.4, 0.5) is 0 Å². The Morgan fingerprint density at radius 3 is 2.65 bits per heavy atom.